The lowest BCUT2D eigenvalue weighted by Gasteiger charge is -2.09. The zero-order valence-corrected chi connectivity index (χ0v) is 14.0. The highest BCUT2D eigenvalue weighted by molar-refractivity contribution is 5.60. The highest BCUT2D eigenvalue weighted by Crippen LogP contribution is 2.31. The van der Waals surface area contributed by atoms with Gasteiger partial charge in [0, 0.05) is 11.6 Å². The largest absolute Gasteiger partial charge is 0.493 e. The summed E-state index contributed by atoms with van der Waals surface area (Å²) in [5, 5.41) is 7.00. The molecule has 0 saturated carbocycles. The number of halogens is 1. The van der Waals surface area contributed by atoms with Crippen LogP contribution in [0.25, 0.3) is 11.4 Å². The van der Waals surface area contributed by atoms with Crippen LogP contribution in [0.15, 0.2) is 42.5 Å². The normalized spacial score (nSPS) is 10.5. The smallest absolute Gasteiger partial charge is 0.181 e. The summed E-state index contributed by atoms with van der Waals surface area (Å²) in [5.41, 5.74) is 0.786. The van der Waals surface area contributed by atoms with Gasteiger partial charge in [-0.2, -0.15) is 5.10 Å². The van der Waals surface area contributed by atoms with Crippen LogP contribution in [0.4, 0.5) is 4.39 Å². The van der Waals surface area contributed by atoms with E-state index in [-0.39, 0.29) is 12.4 Å². The third-order valence-corrected chi connectivity index (χ3v) is 3.43. The molecule has 0 radical (unpaired) electrons. The number of hydrogen-bond acceptors (Lipinski definition) is 5. The van der Waals surface area contributed by atoms with E-state index in [1.807, 2.05) is 25.1 Å². The predicted octanol–water partition coefficient (Wildman–Crippen LogP) is 3.60. The maximum atomic E-state index is 13.1. The molecule has 0 aliphatic rings. The van der Waals surface area contributed by atoms with Crippen molar-refractivity contribution in [2.24, 2.45) is 0 Å². The molecule has 3 aromatic rings. The summed E-state index contributed by atoms with van der Waals surface area (Å²) < 4.78 is 29.5. The summed E-state index contributed by atoms with van der Waals surface area (Å²) >= 11 is 0. The van der Waals surface area contributed by atoms with E-state index in [0.717, 1.165) is 5.56 Å². The molecule has 0 spiro atoms. The van der Waals surface area contributed by atoms with Gasteiger partial charge in [0.15, 0.2) is 23.1 Å². The Morgan fingerprint density at radius 3 is 2.72 bits per heavy atom. The molecule has 1 N–H and O–H groups in total. The van der Waals surface area contributed by atoms with Gasteiger partial charge in [0.25, 0.3) is 0 Å². The van der Waals surface area contributed by atoms with Gasteiger partial charge in [-0.1, -0.05) is 6.07 Å². The number of ether oxygens (including phenoxy) is 3. The van der Waals surface area contributed by atoms with Crippen LogP contribution in [0.1, 0.15) is 12.7 Å². The molecule has 0 fully saturated rings. The fourth-order valence-corrected chi connectivity index (χ4v) is 2.28. The molecule has 0 unspecified atom stereocenters. The van der Waals surface area contributed by atoms with E-state index in [1.165, 1.54) is 12.1 Å². The summed E-state index contributed by atoms with van der Waals surface area (Å²) in [4.78, 5) is 4.39. The molecule has 0 saturated heterocycles. The summed E-state index contributed by atoms with van der Waals surface area (Å²) in [6, 6.07) is 11.4. The molecule has 1 aromatic heterocycles. The fourth-order valence-electron chi connectivity index (χ4n) is 2.28. The first-order chi connectivity index (χ1) is 12.2. The number of H-pyrrole nitrogens is 1. The van der Waals surface area contributed by atoms with Gasteiger partial charge >= 0.3 is 0 Å². The lowest BCUT2D eigenvalue weighted by Crippen LogP contribution is -1.98. The first-order valence-electron chi connectivity index (χ1n) is 7.80. The Morgan fingerprint density at radius 1 is 1.08 bits per heavy atom. The van der Waals surface area contributed by atoms with E-state index in [0.29, 0.717) is 35.5 Å². The summed E-state index contributed by atoms with van der Waals surface area (Å²) in [6.07, 6.45) is 0. The number of nitrogens with one attached hydrogen (secondary N) is 1. The zero-order chi connectivity index (χ0) is 17.6. The SMILES string of the molecule is CCOc1ccc(-c2n[nH]c(COc3cccc(F)c3)n2)cc1OC. The fraction of sp³-hybridized carbons (Fsp3) is 0.222. The Bertz CT molecular complexity index is 851. The Hall–Kier alpha value is -3.09. The van der Waals surface area contributed by atoms with Crippen LogP contribution in [-0.2, 0) is 6.61 Å². The molecule has 25 heavy (non-hydrogen) atoms. The standard InChI is InChI=1S/C18H18FN3O3/c1-3-24-15-8-7-12(9-16(15)23-2)18-20-17(21-22-18)11-25-14-6-4-5-13(19)10-14/h4-10H,3,11H2,1-2H3,(H,20,21,22). The quantitative estimate of drug-likeness (QED) is 0.710. The molecule has 6 nitrogen and oxygen atoms in total. The van der Waals surface area contributed by atoms with E-state index < -0.39 is 0 Å². The van der Waals surface area contributed by atoms with Crippen molar-refractivity contribution in [3.8, 4) is 28.6 Å². The second-order valence-electron chi connectivity index (χ2n) is 5.15. The molecule has 2 aromatic carbocycles. The Balaban J connectivity index is 1.72. The first kappa shape index (κ1) is 16.8. The molecule has 7 heteroatoms. The van der Waals surface area contributed by atoms with Crippen molar-refractivity contribution in [2.45, 2.75) is 13.5 Å². The minimum Gasteiger partial charge on any atom is -0.493 e. The van der Waals surface area contributed by atoms with E-state index in [4.69, 9.17) is 14.2 Å². The summed E-state index contributed by atoms with van der Waals surface area (Å²) in [6.45, 7) is 2.62. The van der Waals surface area contributed by atoms with Gasteiger partial charge in [-0.15, -0.1) is 0 Å². The molecular weight excluding hydrogens is 325 g/mol. The number of rotatable bonds is 7. The lowest BCUT2D eigenvalue weighted by molar-refractivity contribution is 0.295. The average Bonchev–Trinajstić information content (AvgIpc) is 3.10. The van der Waals surface area contributed by atoms with Gasteiger partial charge < -0.3 is 14.2 Å². The molecule has 0 bridgehead atoms. The van der Waals surface area contributed by atoms with Crippen LogP contribution < -0.4 is 14.2 Å². The van der Waals surface area contributed by atoms with Gasteiger partial charge in [0.2, 0.25) is 0 Å². The molecule has 0 atom stereocenters. The molecule has 130 valence electrons. The van der Waals surface area contributed by atoms with Gasteiger partial charge in [0.05, 0.1) is 13.7 Å². The molecule has 1 heterocycles. The van der Waals surface area contributed by atoms with E-state index in [9.17, 15) is 4.39 Å². The maximum absolute atomic E-state index is 13.1. The van der Waals surface area contributed by atoms with Gasteiger partial charge in [0.1, 0.15) is 18.2 Å². The van der Waals surface area contributed by atoms with Crippen molar-refractivity contribution < 1.29 is 18.6 Å². The van der Waals surface area contributed by atoms with Gasteiger partial charge in [-0.3, -0.25) is 5.10 Å². The van der Waals surface area contributed by atoms with Crippen molar-refractivity contribution in [2.75, 3.05) is 13.7 Å². The number of nitrogens with zero attached hydrogens (tertiary/aromatic N) is 2. The monoisotopic (exact) mass is 343 g/mol. The summed E-state index contributed by atoms with van der Waals surface area (Å²) in [5.74, 6) is 2.41. The highest BCUT2D eigenvalue weighted by Gasteiger charge is 2.11. The topological polar surface area (TPSA) is 69.3 Å². The van der Waals surface area contributed by atoms with Gasteiger partial charge in [-0.05, 0) is 37.3 Å². The molecule has 3 rings (SSSR count). The number of hydrogen-bond donors (Lipinski definition) is 1. The Kier molecular flexibility index (Phi) is 5.13. The maximum Gasteiger partial charge on any atom is 0.181 e. The summed E-state index contributed by atoms with van der Waals surface area (Å²) in [7, 11) is 1.58. The van der Waals surface area contributed by atoms with Crippen LogP contribution in [0.3, 0.4) is 0 Å². The van der Waals surface area contributed by atoms with Gasteiger partial charge in [-0.25, -0.2) is 9.37 Å². The van der Waals surface area contributed by atoms with E-state index in [1.54, 1.807) is 19.2 Å². The number of aromatic amines is 1. The number of benzene rings is 2. The number of methoxy groups -OCH3 is 1. The van der Waals surface area contributed by atoms with Crippen LogP contribution >= 0.6 is 0 Å². The second-order valence-corrected chi connectivity index (χ2v) is 5.15. The van der Waals surface area contributed by atoms with Crippen molar-refractivity contribution in [1.82, 2.24) is 15.2 Å². The molecule has 0 aliphatic carbocycles. The van der Waals surface area contributed by atoms with E-state index in [2.05, 4.69) is 15.2 Å². The predicted molar refractivity (Wildman–Crippen MR) is 90.3 cm³/mol. The van der Waals surface area contributed by atoms with Crippen molar-refractivity contribution in [3.63, 3.8) is 0 Å². The van der Waals surface area contributed by atoms with Crippen LogP contribution in [-0.4, -0.2) is 28.9 Å². The average molecular weight is 343 g/mol. The third kappa shape index (κ3) is 4.06. The molecular formula is C18H18FN3O3. The molecule has 0 aliphatic heterocycles. The Labute approximate surface area is 144 Å². The van der Waals surface area contributed by atoms with Crippen LogP contribution in [0.5, 0.6) is 17.2 Å². The molecule has 0 amide bonds. The zero-order valence-electron chi connectivity index (χ0n) is 14.0. The lowest BCUT2D eigenvalue weighted by atomic mass is 10.2. The minimum absolute atomic E-state index is 0.157. The second kappa shape index (κ2) is 7.65. The van der Waals surface area contributed by atoms with Crippen molar-refractivity contribution in [1.29, 1.82) is 0 Å². The minimum atomic E-state index is -0.350. The number of aromatic nitrogens is 3. The van der Waals surface area contributed by atoms with Crippen LogP contribution in [0.2, 0.25) is 0 Å². The van der Waals surface area contributed by atoms with Crippen molar-refractivity contribution in [3.05, 3.63) is 54.1 Å². The van der Waals surface area contributed by atoms with E-state index >= 15 is 0 Å². The van der Waals surface area contributed by atoms with Crippen LogP contribution in [0, 0.1) is 5.82 Å². The Morgan fingerprint density at radius 2 is 1.96 bits per heavy atom. The third-order valence-electron chi connectivity index (χ3n) is 3.43. The highest BCUT2D eigenvalue weighted by atomic mass is 19.1. The van der Waals surface area contributed by atoms with Crippen molar-refractivity contribution >= 4 is 0 Å². The first-order valence-corrected chi connectivity index (χ1v) is 7.80.